The number of amides is 1. The number of hydrogen-bond donors (Lipinski definition) is 0. The van der Waals surface area contributed by atoms with Crippen molar-refractivity contribution in [3.8, 4) is 11.8 Å². The van der Waals surface area contributed by atoms with Crippen LogP contribution in [0, 0.1) is 11.8 Å². The fourth-order valence-corrected chi connectivity index (χ4v) is 1.24. The van der Waals surface area contributed by atoms with Crippen molar-refractivity contribution in [2.75, 3.05) is 14.2 Å². The summed E-state index contributed by atoms with van der Waals surface area (Å²) in [5.74, 6) is 5.99. The minimum atomic E-state index is -0.274. The molecule has 0 aliphatic heterocycles. The van der Waals surface area contributed by atoms with Crippen molar-refractivity contribution in [1.29, 1.82) is 0 Å². The summed E-state index contributed by atoms with van der Waals surface area (Å²) < 4.78 is 4.60. The zero-order valence-electron chi connectivity index (χ0n) is 7.46. The molecule has 12 heavy (non-hydrogen) atoms. The lowest BCUT2D eigenvalue weighted by Gasteiger charge is -2.26. The van der Waals surface area contributed by atoms with E-state index in [1.54, 1.807) is 11.9 Å². The van der Waals surface area contributed by atoms with Crippen LogP contribution in [0.3, 0.4) is 0 Å². The molecule has 0 heterocycles. The monoisotopic (exact) mass is 167 g/mol. The van der Waals surface area contributed by atoms with Gasteiger partial charge in [0.2, 0.25) is 0 Å². The molecule has 1 aliphatic carbocycles. The highest BCUT2D eigenvalue weighted by molar-refractivity contribution is 5.67. The van der Waals surface area contributed by atoms with Crippen molar-refractivity contribution in [3.05, 3.63) is 0 Å². The van der Waals surface area contributed by atoms with E-state index in [0.29, 0.717) is 0 Å². The van der Waals surface area contributed by atoms with Gasteiger partial charge in [0, 0.05) is 25.9 Å². The molecule has 1 atom stereocenters. The second-order valence-corrected chi connectivity index (χ2v) is 2.83. The number of ether oxygens (including phenoxy) is 1. The van der Waals surface area contributed by atoms with E-state index in [1.807, 2.05) is 0 Å². The Morgan fingerprint density at radius 2 is 2.33 bits per heavy atom. The molecule has 0 saturated heterocycles. The van der Waals surface area contributed by atoms with E-state index >= 15 is 0 Å². The summed E-state index contributed by atoms with van der Waals surface area (Å²) in [5, 5.41) is 0. The molecule has 0 saturated carbocycles. The van der Waals surface area contributed by atoms with Crippen LogP contribution in [0.4, 0.5) is 4.79 Å². The molecule has 0 bridgehead atoms. The van der Waals surface area contributed by atoms with Gasteiger partial charge < -0.3 is 9.64 Å². The summed E-state index contributed by atoms with van der Waals surface area (Å²) in [6, 6.07) is 0.235. The third-order valence-electron chi connectivity index (χ3n) is 2.08. The average Bonchev–Trinajstić information content (AvgIpc) is 2.17. The third-order valence-corrected chi connectivity index (χ3v) is 2.08. The van der Waals surface area contributed by atoms with Crippen molar-refractivity contribution in [3.63, 3.8) is 0 Å². The van der Waals surface area contributed by atoms with Gasteiger partial charge in [-0.05, 0) is 6.42 Å². The lowest BCUT2D eigenvalue weighted by molar-refractivity contribution is 0.116. The Balaban J connectivity index is 2.48. The van der Waals surface area contributed by atoms with Crippen LogP contribution >= 0.6 is 0 Å². The van der Waals surface area contributed by atoms with Gasteiger partial charge in [0.05, 0.1) is 7.11 Å². The van der Waals surface area contributed by atoms with E-state index < -0.39 is 0 Å². The first-order valence-corrected chi connectivity index (χ1v) is 4.02. The Morgan fingerprint density at radius 1 is 1.58 bits per heavy atom. The van der Waals surface area contributed by atoms with Gasteiger partial charge in [0.15, 0.2) is 0 Å². The molecular formula is C9H13NO2. The first kappa shape index (κ1) is 8.92. The SMILES string of the molecule is COC(=O)N(C)C1CC#CCC1. The summed E-state index contributed by atoms with van der Waals surface area (Å²) >= 11 is 0. The average molecular weight is 167 g/mol. The van der Waals surface area contributed by atoms with Gasteiger partial charge in [-0.1, -0.05) is 0 Å². The first-order valence-electron chi connectivity index (χ1n) is 4.02. The van der Waals surface area contributed by atoms with Crippen LogP contribution in [0.5, 0.6) is 0 Å². The Morgan fingerprint density at radius 3 is 2.83 bits per heavy atom. The molecule has 0 aromatic heterocycles. The first-order chi connectivity index (χ1) is 5.75. The van der Waals surface area contributed by atoms with Gasteiger partial charge in [-0.2, -0.15) is 0 Å². The fraction of sp³-hybridized carbons (Fsp3) is 0.667. The second-order valence-electron chi connectivity index (χ2n) is 2.83. The minimum absolute atomic E-state index is 0.235. The standard InChI is InChI=1S/C9H13NO2/c1-10(9(11)12-2)8-6-4-3-5-7-8/h8H,4,6-7H2,1-2H3. The number of rotatable bonds is 1. The molecule has 0 N–H and O–H groups in total. The molecule has 0 radical (unpaired) electrons. The highest BCUT2D eigenvalue weighted by Crippen LogP contribution is 2.12. The zero-order chi connectivity index (χ0) is 8.97. The molecule has 66 valence electrons. The molecule has 0 spiro atoms. The van der Waals surface area contributed by atoms with E-state index in [9.17, 15) is 4.79 Å². The van der Waals surface area contributed by atoms with Gasteiger partial charge >= 0.3 is 6.09 Å². The lowest BCUT2D eigenvalue weighted by Crippen LogP contribution is -2.37. The van der Waals surface area contributed by atoms with Crippen LogP contribution in [0.1, 0.15) is 19.3 Å². The van der Waals surface area contributed by atoms with Gasteiger partial charge in [0.1, 0.15) is 0 Å². The number of carbonyl (C=O) groups excluding carboxylic acids is 1. The molecule has 0 fully saturated rings. The number of methoxy groups -OCH3 is 1. The maximum absolute atomic E-state index is 11.1. The predicted molar refractivity (Wildman–Crippen MR) is 45.6 cm³/mol. The van der Waals surface area contributed by atoms with Gasteiger partial charge in [0.25, 0.3) is 0 Å². The highest BCUT2D eigenvalue weighted by Gasteiger charge is 2.19. The number of nitrogens with zero attached hydrogens (tertiary/aromatic N) is 1. The molecule has 3 heteroatoms. The molecular weight excluding hydrogens is 154 g/mol. The predicted octanol–water partition coefficient (Wildman–Crippen LogP) is 1.24. The Hall–Kier alpha value is -1.17. The maximum atomic E-state index is 11.1. The van der Waals surface area contributed by atoms with E-state index in [2.05, 4.69) is 16.6 Å². The van der Waals surface area contributed by atoms with Crippen LogP contribution in [-0.2, 0) is 4.74 Å². The summed E-state index contributed by atoms with van der Waals surface area (Å²) in [6.07, 6.45) is 2.33. The second kappa shape index (κ2) is 4.01. The quantitative estimate of drug-likeness (QED) is 0.550. The smallest absolute Gasteiger partial charge is 0.409 e. The van der Waals surface area contributed by atoms with Crippen molar-refractivity contribution in [2.24, 2.45) is 0 Å². The number of carbonyl (C=O) groups is 1. The Kier molecular flexibility index (Phi) is 2.98. The van der Waals surface area contributed by atoms with Crippen LogP contribution in [-0.4, -0.2) is 31.2 Å². The Labute approximate surface area is 72.7 Å². The Bertz CT molecular complexity index is 226. The maximum Gasteiger partial charge on any atom is 0.409 e. The molecule has 1 amide bonds. The molecule has 1 unspecified atom stereocenters. The molecule has 0 aromatic carbocycles. The largest absolute Gasteiger partial charge is 0.453 e. The number of hydrogen-bond acceptors (Lipinski definition) is 2. The summed E-state index contributed by atoms with van der Waals surface area (Å²) in [6.45, 7) is 0. The van der Waals surface area contributed by atoms with Gasteiger partial charge in [-0.3, -0.25) is 0 Å². The molecule has 0 aromatic rings. The van der Waals surface area contributed by atoms with E-state index in [1.165, 1.54) is 7.11 Å². The fourth-order valence-electron chi connectivity index (χ4n) is 1.24. The van der Waals surface area contributed by atoms with Crippen LogP contribution in [0.15, 0.2) is 0 Å². The van der Waals surface area contributed by atoms with E-state index in [-0.39, 0.29) is 12.1 Å². The van der Waals surface area contributed by atoms with Crippen LogP contribution in [0.2, 0.25) is 0 Å². The topological polar surface area (TPSA) is 29.5 Å². The van der Waals surface area contributed by atoms with Crippen LogP contribution in [0.25, 0.3) is 0 Å². The lowest BCUT2D eigenvalue weighted by atomic mass is 10.0. The molecule has 1 rings (SSSR count). The highest BCUT2D eigenvalue weighted by atomic mass is 16.5. The minimum Gasteiger partial charge on any atom is -0.453 e. The zero-order valence-corrected chi connectivity index (χ0v) is 7.46. The van der Waals surface area contributed by atoms with E-state index in [0.717, 1.165) is 19.3 Å². The summed E-state index contributed by atoms with van der Waals surface area (Å²) in [4.78, 5) is 12.7. The summed E-state index contributed by atoms with van der Waals surface area (Å²) in [7, 11) is 3.15. The van der Waals surface area contributed by atoms with Crippen molar-refractivity contribution >= 4 is 6.09 Å². The van der Waals surface area contributed by atoms with E-state index in [4.69, 9.17) is 0 Å². The normalized spacial score (nSPS) is 20.7. The molecule has 3 nitrogen and oxygen atoms in total. The van der Waals surface area contributed by atoms with Crippen molar-refractivity contribution in [1.82, 2.24) is 4.90 Å². The third kappa shape index (κ3) is 1.91. The van der Waals surface area contributed by atoms with Crippen molar-refractivity contribution in [2.45, 2.75) is 25.3 Å². The van der Waals surface area contributed by atoms with Crippen molar-refractivity contribution < 1.29 is 9.53 Å². The summed E-state index contributed by atoms with van der Waals surface area (Å²) in [5.41, 5.74) is 0. The van der Waals surface area contributed by atoms with Gasteiger partial charge in [-0.15, -0.1) is 11.8 Å². The molecule has 1 aliphatic rings. The van der Waals surface area contributed by atoms with Crippen LogP contribution < -0.4 is 0 Å². The van der Waals surface area contributed by atoms with Gasteiger partial charge in [-0.25, -0.2) is 4.79 Å².